The monoisotopic (exact) mass is 280 g/mol. The topological polar surface area (TPSA) is 58.6 Å². The summed E-state index contributed by atoms with van der Waals surface area (Å²) in [7, 11) is 5.82. The summed E-state index contributed by atoms with van der Waals surface area (Å²) < 4.78 is 5.37. The quantitative estimate of drug-likeness (QED) is 0.614. The number of aldehydes is 1. The van der Waals surface area contributed by atoms with Gasteiger partial charge in [-0.2, -0.15) is 0 Å². The molecule has 1 amide bonds. The Morgan fingerprint density at radius 3 is 2.55 bits per heavy atom. The van der Waals surface area contributed by atoms with Crippen molar-refractivity contribution in [1.82, 2.24) is 10.1 Å². The van der Waals surface area contributed by atoms with Crippen molar-refractivity contribution in [3.8, 4) is 0 Å². The highest BCUT2D eigenvalue weighted by Crippen LogP contribution is 2.25. The largest absolute Gasteiger partial charge is 0.381 e. The van der Waals surface area contributed by atoms with Crippen LogP contribution in [0.1, 0.15) is 46.0 Å². The van der Waals surface area contributed by atoms with E-state index >= 15 is 0 Å². The molecule has 6 heteroatoms. The first-order valence-corrected chi connectivity index (χ1v) is 7.39. The molecule has 2 aliphatic rings. The predicted octanol–water partition coefficient (Wildman–Crippen LogP) is 0.815. The molecule has 0 bridgehead atoms. The van der Waals surface area contributed by atoms with Crippen LogP contribution in [0.2, 0.25) is 0 Å². The first-order valence-electron chi connectivity index (χ1n) is 7.39. The highest BCUT2D eigenvalue weighted by atomic mass is 16.5. The first-order chi connectivity index (χ1) is 9.58. The number of carbonyl (C=O) groups is 2. The number of nitrogens with one attached hydrogen (secondary N) is 1. The summed E-state index contributed by atoms with van der Waals surface area (Å²) in [6.45, 7) is 5.87. The predicted molar refractivity (Wildman–Crippen MR) is 78.4 cm³/mol. The van der Waals surface area contributed by atoms with E-state index in [1.54, 1.807) is 4.81 Å². The van der Waals surface area contributed by atoms with Crippen molar-refractivity contribution in [1.29, 1.82) is 0 Å². The number of amides is 1. The smallest absolute Gasteiger partial charge is 0.236 e. The number of ether oxygens (including phenoxy) is 1. The number of nitrogens with zero attached hydrogens (tertiary/aromatic N) is 1. The van der Waals surface area contributed by atoms with Crippen molar-refractivity contribution < 1.29 is 14.3 Å². The molecular weight excluding hydrogens is 255 g/mol. The third-order valence-electron chi connectivity index (χ3n) is 4.11. The zero-order chi connectivity index (χ0) is 15.0. The minimum atomic E-state index is -0.138. The summed E-state index contributed by atoms with van der Waals surface area (Å²) in [4.78, 5) is 22.7. The van der Waals surface area contributed by atoms with Crippen molar-refractivity contribution >= 4 is 20.2 Å². The standard InChI is InChI=1S/C12H21BN2O2.C2H4O/c1-2-12(5-8-17-9-6-12)14-11(16)10-4-3-7-15(10)13;1-2-3/h10H,2-9H2,1H3,(H,14,16);2H,1H3. The van der Waals surface area contributed by atoms with Crippen LogP contribution in [0.4, 0.5) is 0 Å². The maximum absolute atomic E-state index is 12.2. The highest BCUT2D eigenvalue weighted by Gasteiger charge is 2.36. The molecule has 2 fully saturated rings. The van der Waals surface area contributed by atoms with Gasteiger partial charge in [0.2, 0.25) is 5.91 Å². The molecule has 2 radical (unpaired) electrons. The van der Waals surface area contributed by atoms with E-state index in [1.165, 1.54) is 6.92 Å². The normalized spacial score (nSPS) is 25.4. The second kappa shape index (κ2) is 8.42. The van der Waals surface area contributed by atoms with Gasteiger partial charge in [-0.3, -0.25) is 4.79 Å². The van der Waals surface area contributed by atoms with Crippen LogP contribution >= 0.6 is 0 Å². The van der Waals surface area contributed by atoms with Crippen LogP contribution in [0.25, 0.3) is 0 Å². The van der Waals surface area contributed by atoms with Gasteiger partial charge in [0.05, 0.1) is 6.04 Å². The number of hydrogen-bond donors (Lipinski definition) is 1. The van der Waals surface area contributed by atoms with Gasteiger partial charge in [-0.15, -0.1) is 0 Å². The second-order valence-corrected chi connectivity index (χ2v) is 5.37. The molecule has 0 aromatic rings. The lowest BCUT2D eigenvalue weighted by molar-refractivity contribution is -0.127. The molecule has 1 N–H and O–H groups in total. The number of rotatable bonds is 3. The molecule has 2 saturated heterocycles. The zero-order valence-electron chi connectivity index (χ0n) is 12.6. The summed E-state index contributed by atoms with van der Waals surface area (Å²) in [5.41, 5.74) is -0.0707. The average Bonchev–Trinajstić information content (AvgIpc) is 2.87. The maximum atomic E-state index is 12.2. The fourth-order valence-electron chi connectivity index (χ4n) is 2.74. The van der Waals surface area contributed by atoms with E-state index in [9.17, 15) is 4.79 Å². The van der Waals surface area contributed by atoms with Crippen molar-refractivity contribution in [2.24, 2.45) is 0 Å². The minimum Gasteiger partial charge on any atom is -0.381 e. The summed E-state index contributed by atoms with van der Waals surface area (Å²) in [6, 6.07) is -0.138. The molecular formula is C14H25BN2O3. The third kappa shape index (κ3) is 4.60. The van der Waals surface area contributed by atoms with Crippen molar-refractivity contribution in [2.75, 3.05) is 19.8 Å². The molecule has 2 rings (SSSR count). The van der Waals surface area contributed by atoms with Crippen LogP contribution < -0.4 is 5.32 Å². The zero-order valence-corrected chi connectivity index (χ0v) is 12.6. The number of hydrogen-bond acceptors (Lipinski definition) is 4. The molecule has 0 aromatic heterocycles. The van der Waals surface area contributed by atoms with E-state index in [-0.39, 0.29) is 17.5 Å². The van der Waals surface area contributed by atoms with E-state index in [0.717, 1.165) is 58.1 Å². The highest BCUT2D eigenvalue weighted by molar-refractivity contribution is 6.07. The molecule has 20 heavy (non-hydrogen) atoms. The SMILES string of the molecule is CC=O.[B]N1CCCC1C(=O)NC1(CC)CCOCC1. The van der Waals surface area contributed by atoms with Crippen LogP contribution in [0.15, 0.2) is 0 Å². The van der Waals surface area contributed by atoms with Crippen molar-refractivity contribution in [2.45, 2.75) is 57.5 Å². The van der Waals surface area contributed by atoms with E-state index in [2.05, 4.69) is 12.2 Å². The van der Waals surface area contributed by atoms with Crippen LogP contribution in [0.3, 0.4) is 0 Å². The van der Waals surface area contributed by atoms with Crippen LogP contribution in [-0.2, 0) is 14.3 Å². The first kappa shape index (κ1) is 17.2. The van der Waals surface area contributed by atoms with E-state index in [1.807, 2.05) is 0 Å². The Hall–Kier alpha value is -0.875. The van der Waals surface area contributed by atoms with Gasteiger partial charge >= 0.3 is 0 Å². The lowest BCUT2D eigenvalue weighted by Crippen LogP contribution is -2.55. The Morgan fingerprint density at radius 1 is 1.50 bits per heavy atom. The maximum Gasteiger partial charge on any atom is 0.236 e. The van der Waals surface area contributed by atoms with Gasteiger partial charge < -0.3 is 19.7 Å². The van der Waals surface area contributed by atoms with Crippen molar-refractivity contribution in [3.05, 3.63) is 0 Å². The van der Waals surface area contributed by atoms with Crippen LogP contribution in [-0.4, -0.2) is 56.3 Å². The third-order valence-corrected chi connectivity index (χ3v) is 4.11. The molecule has 112 valence electrons. The van der Waals surface area contributed by atoms with Gasteiger partial charge in [-0.25, -0.2) is 0 Å². The summed E-state index contributed by atoms with van der Waals surface area (Å²) in [5, 5.41) is 3.21. The van der Waals surface area contributed by atoms with Crippen LogP contribution in [0, 0.1) is 0 Å². The van der Waals surface area contributed by atoms with Crippen LogP contribution in [0.5, 0.6) is 0 Å². The molecule has 0 spiro atoms. The van der Waals surface area contributed by atoms with Gasteiger partial charge in [0.1, 0.15) is 6.29 Å². The molecule has 2 aliphatic heterocycles. The Morgan fingerprint density at radius 2 is 2.10 bits per heavy atom. The molecule has 0 aliphatic carbocycles. The molecule has 1 unspecified atom stereocenters. The lowest BCUT2D eigenvalue weighted by Gasteiger charge is -2.38. The summed E-state index contributed by atoms with van der Waals surface area (Å²) >= 11 is 0. The average molecular weight is 280 g/mol. The van der Waals surface area contributed by atoms with Gasteiger partial charge in [-0.05, 0) is 45.6 Å². The van der Waals surface area contributed by atoms with Gasteiger partial charge in [0.25, 0.3) is 0 Å². The Kier molecular flexibility index (Phi) is 7.23. The fraction of sp³-hybridized carbons (Fsp3) is 0.857. The number of carbonyl (C=O) groups excluding carboxylic acids is 2. The Labute approximate surface area is 122 Å². The van der Waals surface area contributed by atoms with E-state index in [4.69, 9.17) is 17.5 Å². The second-order valence-electron chi connectivity index (χ2n) is 5.37. The van der Waals surface area contributed by atoms with Gasteiger partial charge in [-0.1, -0.05) is 6.92 Å². The molecule has 5 nitrogen and oxygen atoms in total. The molecule has 0 aromatic carbocycles. The van der Waals surface area contributed by atoms with Crippen molar-refractivity contribution in [3.63, 3.8) is 0 Å². The minimum absolute atomic E-state index is 0.0707. The molecule has 0 saturated carbocycles. The summed E-state index contributed by atoms with van der Waals surface area (Å²) in [6.07, 6.45) is 5.41. The Bertz CT molecular complexity index is 320. The van der Waals surface area contributed by atoms with E-state index in [0.29, 0.717) is 0 Å². The Balaban J connectivity index is 0.000000612. The fourth-order valence-corrected chi connectivity index (χ4v) is 2.74. The molecule has 2 heterocycles. The lowest BCUT2D eigenvalue weighted by atomic mass is 9.87. The van der Waals surface area contributed by atoms with Gasteiger partial charge in [0, 0.05) is 18.8 Å². The van der Waals surface area contributed by atoms with E-state index < -0.39 is 0 Å². The molecule has 1 atom stereocenters. The van der Waals surface area contributed by atoms with Gasteiger partial charge in [0.15, 0.2) is 7.98 Å². The summed E-state index contributed by atoms with van der Waals surface area (Å²) in [5.74, 6) is 0.0914.